The van der Waals surface area contributed by atoms with Crippen LogP contribution in [0.1, 0.15) is 5.82 Å². The molecule has 0 saturated heterocycles. The van der Waals surface area contributed by atoms with E-state index >= 15 is 0 Å². The van der Waals surface area contributed by atoms with Crippen molar-refractivity contribution in [3.8, 4) is 0 Å². The molecule has 4 nitrogen and oxygen atoms in total. The molecule has 0 fully saturated rings. The van der Waals surface area contributed by atoms with Gasteiger partial charge in [-0.05, 0) is 12.1 Å². The molecule has 1 aromatic heterocycles. The molecule has 5 heteroatoms. The van der Waals surface area contributed by atoms with Crippen LogP contribution in [-0.4, -0.2) is 25.6 Å². The summed E-state index contributed by atoms with van der Waals surface area (Å²) in [5, 5.41) is 13.0. The Bertz CT molecular complexity index is 430. The van der Waals surface area contributed by atoms with Gasteiger partial charge < -0.3 is 5.11 Å². The summed E-state index contributed by atoms with van der Waals surface area (Å²) < 4.78 is 1.73. The molecule has 0 aliphatic rings. The summed E-state index contributed by atoms with van der Waals surface area (Å²) in [5.41, 5.74) is 0. The van der Waals surface area contributed by atoms with E-state index in [1.165, 1.54) is 11.2 Å². The van der Waals surface area contributed by atoms with Crippen molar-refractivity contribution < 1.29 is 5.11 Å². The summed E-state index contributed by atoms with van der Waals surface area (Å²) in [4.78, 5) is 5.20. The zero-order chi connectivity index (χ0) is 11.2. The zero-order valence-electron chi connectivity index (χ0n) is 8.78. The Morgan fingerprint density at radius 2 is 2.06 bits per heavy atom. The molecule has 1 heterocycles. The van der Waals surface area contributed by atoms with Gasteiger partial charge in [0.05, 0.1) is 6.54 Å². The highest BCUT2D eigenvalue weighted by Crippen LogP contribution is 2.16. The molecule has 1 aromatic carbocycles. The third-order valence-corrected chi connectivity index (χ3v) is 3.14. The van der Waals surface area contributed by atoms with Crippen molar-refractivity contribution in [1.29, 1.82) is 0 Å². The molecule has 0 saturated carbocycles. The van der Waals surface area contributed by atoms with E-state index in [0.29, 0.717) is 5.82 Å². The van der Waals surface area contributed by atoms with Crippen LogP contribution >= 0.6 is 11.8 Å². The van der Waals surface area contributed by atoms with Gasteiger partial charge in [0.25, 0.3) is 0 Å². The lowest BCUT2D eigenvalue weighted by Gasteiger charge is -2.03. The van der Waals surface area contributed by atoms with Gasteiger partial charge in [-0.2, -0.15) is 5.10 Å². The van der Waals surface area contributed by atoms with E-state index in [4.69, 9.17) is 5.11 Å². The molecule has 0 radical (unpaired) electrons. The number of aromatic nitrogens is 3. The van der Waals surface area contributed by atoms with Gasteiger partial charge >= 0.3 is 0 Å². The largest absolute Gasteiger partial charge is 0.388 e. The second-order valence-corrected chi connectivity index (χ2v) is 4.39. The molecule has 16 heavy (non-hydrogen) atoms. The summed E-state index contributed by atoms with van der Waals surface area (Å²) in [6.07, 6.45) is 1.47. The van der Waals surface area contributed by atoms with Gasteiger partial charge in [-0.1, -0.05) is 18.2 Å². The summed E-state index contributed by atoms with van der Waals surface area (Å²) in [6, 6.07) is 10.2. The van der Waals surface area contributed by atoms with E-state index in [0.717, 1.165) is 12.3 Å². The topological polar surface area (TPSA) is 50.9 Å². The first-order chi connectivity index (χ1) is 7.90. The van der Waals surface area contributed by atoms with E-state index in [-0.39, 0.29) is 6.61 Å². The molecular weight excluding hydrogens is 222 g/mol. The Morgan fingerprint density at radius 1 is 1.25 bits per heavy atom. The van der Waals surface area contributed by atoms with Gasteiger partial charge in [-0.3, -0.25) is 0 Å². The number of aryl methyl sites for hydroxylation is 1. The minimum atomic E-state index is -0.0595. The zero-order valence-corrected chi connectivity index (χ0v) is 9.60. The van der Waals surface area contributed by atoms with Crippen LogP contribution in [0.3, 0.4) is 0 Å². The molecule has 2 aromatic rings. The molecule has 0 atom stereocenters. The van der Waals surface area contributed by atoms with Gasteiger partial charge in [-0.15, -0.1) is 11.8 Å². The average Bonchev–Trinajstić information content (AvgIpc) is 2.78. The quantitative estimate of drug-likeness (QED) is 0.799. The van der Waals surface area contributed by atoms with Crippen molar-refractivity contribution >= 4 is 11.8 Å². The third-order valence-electron chi connectivity index (χ3n) is 2.15. The first kappa shape index (κ1) is 11.2. The number of aliphatic hydroxyl groups excluding tert-OH is 1. The molecule has 0 aliphatic carbocycles. The number of hydrogen-bond donors (Lipinski definition) is 1. The predicted octanol–water partition coefficient (Wildman–Crippen LogP) is 1.56. The summed E-state index contributed by atoms with van der Waals surface area (Å²) in [5.74, 6) is 1.54. The van der Waals surface area contributed by atoms with Crippen molar-refractivity contribution in [3.05, 3.63) is 42.5 Å². The van der Waals surface area contributed by atoms with Crippen molar-refractivity contribution in [2.24, 2.45) is 0 Å². The van der Waals surface area contributed by atoms with E-state index < -0.39 is 0 Å². The van der Waals surface area contributed by atoms with E-state index in [2.05, 4.69) is 22.2 Å². The van der Waals surface area contributed by atoms with Crippen LogP contribution in [0.5, 0.6) is 0 Å². The molecule has 0 spiro atoms. The van der Waals surface area contributed by atoms with Gasteiger partial charge in [0.2, 0.25) is 0 Å². The van der Waals surface area contributed by atoms with Gasteiger partial charge in [0, 0.05) is 10.6 Å². The lowest BCUT2D eigenvalue weighted by Crippen LogP contribution is -2.07. The van der Waals surface area contributed by atoms with Crippen molar-refractivity contribution in [3.63, 3.8) is 0 Å². The highest BCUT2D eigenvalue weighted by Gasteiger charge is 2.02. The minimum absolute atomic E-state index is 0.0595. The van der Waals surface area contributed by atoms with Crippen LogP contribution in [0, 0.1) is 0 Å². The molecule has 2 rings (SSSR count). The van der Waals surface area contributed by atoms with Crippen LogP contribution in [0.25, 0.3) is 0 Å². The predicted molar refractivity (Wildman–Crippen MR) is 63.1 cm³/mol. The van der Waals surface area contributed by atoms with E-state index in [9.17, 15) is 0 Å². The highest BCUT2D eigenvalue weighted by atomic mass is 32.2. The summed E-state index contributed by atoms with van der Waals surface area (Å²) in [7, 11) is 0. The highest BCUT2D eigenvalue weighted by molar-refractivity contribution is 7.99. The fraction of sp³-hybridized carbons (Fsp3) is 0.273. The molecule has 84 valence electrons. The van der Waals surface area contributed by atoms with Crippen LogP contribution in [0.2, 0.25) is 0 Å². The van der Waals surface area contributed by atoms with Crippen LogP contribution in [0.15, 0.2) is 41.6 Å². The third kappa shape index (κ3) is 2.84. The van der Waals surface area contributed by atoms with E-state index in [1.807, 2.05) is 18.2 Å². The maximum absolute atomic E-state index is 8.99. The average molecular weight is 235 g/mol. The molecule has 0 amide bonds. The monoisotopic (exact) mass is 235 g/mol. The van der Waals surface area contributed by atoms with Crippen LogP contribution in [0.4, 0.5) is 0 Å². The summed E-state index contributed by atoms with van der Waals surface area (Å²) >= 11 is 1.77. The van der Waals surface area contributed by atoms with Crippen molar-refractivity contribution in [2.75, 3.05) is 5.75 Å². The number of thioether (sulfide) groups is 1. The first-order valence-corrected chi connectivity index (χ1v) is 6.04. The molecule has 1 N–H and O–H groups in total. The van der Waals surface area contributed by atoms with Gasteiger partial charge in [-0.25, -0.2) is 9.67 Å². The smallest absolute Gasteiger partial charge is 0.152 e. The molecule has 0 unspecified atom stereocenters. The second kappa shape index (κ2) is 5.67. The number of aliphatic hydroxyl groups is 1. The van der Waals surface area contributed by atoms with Crippen LogP contribution < -0.4 is 0 Å². The Labute approximate surface area is 98.3 Å². The van der Waals surface area contributed by atoms with Gasteiger partial charge in [0.15, 0.2) is 5.82 Å². The van der Waals surface area contributed by atoms with Gasteiger partial charge in [0.1, 0.15) is 12.9 Å². The lowest BCUT2D eigenvalue weighted by molar-refractivity contribution is 0.263. The minimum Gasteiger partial charge on any atom is -0.388 e. The second-order valence-electron chi connectivity index (χ2n) is 3.22. The summed E-state index contributed by atoms with van der Waals surface area (Å²) in [6.45, 7) is 0.700. The number of rotatable bonds is 5. The van der Waals surface area contributed by atoms with E-state index in [1.54, 1.807) is 16.4 Å². The maximum atomic E-state index is 8.99. The van der Waals surface area contributed by atoms with Crippen molar-refractivity contribution in [2.45, 2.75) is 18.0 Å². The Kier molecular flexibility index (Phi) is 3.96. The normalized spacial score (nSPS) is 10.6. The maximum Gasteiger partial charge on any atom is 0.152 e. The molecule has 0 aliphatic heterocycles. The fourth-order valence-electron chi connectivity index (χ4n) is 1.36. The number of benzene rings is 1. The first-order valence-electron chi connectivity index (χ1n) is 5.05. The van der Waals surface area contributed by atoms with Crippen LogP contribution in [-0.2, 0) is 13.2 Å². The molecular formula is C11H13N3OS. The Hall–Kier alpha value is -1.33. The van der Waals surface area contributed by atoms with Crippen molar-refractivity contribution in [1.82, 2.24) is 14.8 Å². The molecule has 0 bridgehead atoms. The Morgan fingerprint density at radius 3 is 2.81 bits per heavy atom. The fourth-order valence-corrected chi connectivity index (χ4v) is 2.21. The Balaban J connectivity index is 1.85. The number of nitrogens with zero attached hydrogens (tertiary/aromatic N) is 3. The number of hydrogen-bond acceptors (Lipinski definition) is 4. The standard InChI is InChI=1S/C11H13N3OS/c15-8-11-12-9-13-14(11)6-7-16-10-4-2-1-3-5-10/h1-5,9,15H,6-8H2. The SMILES string of the molecule is OCc1ncnn1CCSc1ccccc1. The lowest BCUT2D eigenvalue weighted by atomic mass is 10.4.